The Labute approximate surface area is 120 Å². The number of anilines is 1. The Morgan fingerprint density at radius 3 is 2.90 bits per heavy atom. The minimum Gasteiger partial charge on any atom is -0.394 e. The van der Waals surface area contributed by atoms with Crippen molar-refractivity contribution in [2.45, 2.75) is 24.9 Å². The lowest BCUT2D eigenvalue weighted by Crippen LogP contribution is -2.46. The predicted octanol–water partition coefficient (Wildman–Crippen LogP) is -1.92. The van der Waals surface area contributed by atoms with E-state index in [-0.39, 0.29) is 24.8 Å². The Balaban J connectivity index is 0.00000147. The van der Waals surface area contributed by atoms with Gasteiger partial charge in [0.05, 0.1) is 12.7 Å². The van der Waals surface area contributed by atoms with Gasteiger partial charge in [-0.2, -0.15) is 0 Å². The maximum atomic E-state index is 9.76. The molecular weight excluding hydrogens is 288 g/mol. The first-order chi connectivity index (χ1) is 9.11. The van der Waals surface area contributed by atoms with Crippen molar-refractivity contribution in [3.05, 3.63) is 12.7 Å². The van der Waals surface area contributed by atoms with Gasteiger partial charge in [-0.15, -0.1) is 17.1 Å². The van der Waals surface area contributed by atoms with Crippen molar-refractivity contribution >= 4 is 29.4 Å². The zero-order chi connectivity index (χ0) is 13.6. The molecule has 0 radical (unpaired) electrons. The molecule has 2 aromatic heterocycles. The number of ether oxygens (including phenoxy) is 1. The molecule has 1 saturated heterocycles. The van der Waals surface area contributed by atoms with Gasteiger partial charge in [-0.1, -0.05) is 4.98 Å². The van der Waals surface area contributed by atoms with E-state index in [0.29, 0.717) is 17.6 Å². The molecule has 0 bridgehead atoms. The first kappa shape index (κ1) is 14.7. The van der Waals surface area contributed by atoms with Crippen LogP contribution in [-0.4, -0.2) is 43.6 Å². The number of hydrogen-bond acceptors (Lipinski definition) is 7. The molecule has 2 aromatic rings. The average molecular weight is 304 g/mol. The fourth-order valence-electron chi connectivity index (χ4n) is 2.29. The number of hydrogen-bond donors (Lipinski definition) is 4. The number of aliphatic hydroxyl groups is 2. The largest absolute Gasteiger partial charge is 0.394 e. The maximum Gasteiger partial charge on any atom is 0.285 e. The van der Waals surface area contributed by atoms with Crippen LogP contribution in [0.15, 0.2) is 12.7 Å². The molecule has 1 fully saturated rings. The summed E-state index contributed by atoms with van der Waals surface area (Å²) in [7, 11) is 0. The zero-order valence-electron chi connectivity index (χ0n) is 10.5. The Morgan fingerprint density at radius 1 is 1.50 bits per heavy atom. The Bertz CT molecular complexity index is 620. The summed E-state index contributed by atoms with van der Waals surface area (Å²) in [4.78, 5) is 8.05. The molecule has 0 amide bonds. The van der Waals surface area contributed by atoms with Gasteiger partial charge in [0, 0.05) is 6.42 Å². The van der Waals surface area contributed by atoms with E-state index >= 15 is 0 Å². The summed E-state index contributed by atoms with van der Waals surface area (Å²) < 4.78 is 8.53. The van der Waals surface area contributed by atoms with Crippen molar-refractivity contribution in [2.24, 2.45) is 0 Å². The van der Waals surface area contributed by atoms with Crippen LogP contribution in [0.2, 0.25) is 0 Å². The van der Waals surface area contributed by atoms with Gasteiger partial charge in [-0.05, 0) is 0 Å². The van der Waals surface area contributed by atoms with Gasteiger partial charge in [0.15, 0.2) is 12.6 Å². The van der Waals surface area contributed by atoms with Crippen LogP contribution in [0.4, 0.5) is 5.82 Å². The molecule has 0 aliphatic carbocycles. The van der Waals surface area contributed by atoms with Gasteiger partial charge in [0.25, 0.3) is 5.65 Å². The summed E-state index contributed by atoms with van der Waals surface area (Å²) in [5.74, 6) is 6.08. The molecule has 1 aliphatic heterocycles. The summed E-state index contributed by atoms with van der Waals surface area (Å²) in [6, 6.07) is 0. The van der Waals surface area contributed by atoms with E-state index in [9.17, 15) is 5.11 Å². The first-order valence-corrected chi connectivity index (χ1v) is 5.84. The average Bonchev–Trinajstić information content (AvgIpc) is 2.97. The van der Waals surface area contributed by atoms with Gasteiger partial charge in [-0.25, -0.2) is 9.55 Å². The van der Waals surface area contributed by atoms with E-state index in [4.69, 9.17) is 21.4 Å². The van der Waals surface area contributed by atoms with E-state index in [1.165, 1.54) is 17.3 Å². The molecule has 0 spiro atoms. The Kier molecular flexibility index (Phi) is 3.95. The molecule has 9 nitrogen and oxygen atoms in total. The molecule has 110 valence electrons. The second kappa shape index (κ2) is 5.37. The Morgan fingerprint density at radius 2 is 2.25 bits per heavy atom. The van der Waals surface area contributed by atoms with E-state index in [1.54, 1.807) is 4.57 Å². The fourth-order valence-corrected chi connectivity index (χ4v) is 2.29. The van der Waals surface area contributed by atoms with Crippen LogP contribution in [0.5, 0.6) is 0 Å². The normalized spacial score (nSPS) is 25.8. The molecule has 3 atom stereocenters. The minimum atomic E-state index is -0.724. The van der Waals surface area contributed by atoms with Crippen molar-refractivity contribution in [3.8, 4) is 0 Å². The van der Waals surface area contributed by atoms with E-state index in [1.807, 2.05) is 0 Å². The van der Waals surface area contributed by atoms with Crippen LogP contribution in [0.3, 0.4) is 0 Å². The third-order valence-electron chi connectivity index (χ3n) is 3.27. The summed E-state index contributed by atoms with van der Waals surface area (Å²) >= 11 is 0. The number of aliphatic hydroxyl groups excluding tert-OH is 2. The van der Waals surface area contributed by atoms with Gasteiger partial charge < -0.3 is 20.7 Å². The Hall–Kier alpha value is -1.68. The number of nitrogens with two attached hydrogens (primary N) is 2. The number of imidazole rings is 1. The van der Waals surface area contributed by atoms with Gasteiger partial charge >= 0.3 is 0 Å². The summed E-state index contributed by atoms with van der Waals surface area (Å²) in [6.07, 6.45) is 1.48. The molecule has 20 heavy (non-hydrogen) atoms. The summed E-state index contributed by atoms with van der Waals surface area (Å²) in [5.41, 5.74) is 6.74. The summed E-state index contributed by atoms with van der Waals surface area (Å²) in [5, 5.41) is 18.9. The van der Waals surface area contributed by atoms with E-state index in [2.05, 4.69) is 9.97 Å². The molecule has 0 unspecified atom stereocenters. The molecule has 10 heteroatoms. The highest BCUT2D eigenvalue weighted by Crippen LogP contribution is 2.30. The third kappa shape index (κ3) is 2.14. The highest BCUT2D eigenvalue weighted by Gasteiger charge is 2.37. The lowest BCUT2D eigenvalue weighted by molar-refractivity contribution is -0.617. The highest BCUT2D eigenvalue weighted by atomic mass is 35.5. The predicted molar refractivity (Wildman–Crippen MR) is 71.2 cm³/mol. The van der Waals surface area contributed by atoms with Crippen LogP contribution in [0.25, 0.3) is 11.2 Å². The van der Waals surface area contributed by atoms with Crippen molar-refractivity contribution in [1.82, 2.24) is 14.5 Å². The molecule has 0 aromatic carbocycles. The second-order valence-electron chi connectivity index (χ2n) is 4.48. The SMILES string of the molecule is Cl.Nc1nc[n+](N)c2c1ncn2[C@H]1C[C@H](O)[C@@H](CO)O1. The van der Waals surface area contributed by atoms with Crippen molar-refractivity contribution in [2.75, 3.05) is 18.2 Å². The van der Waals surface area contributed by atoms with Crippen LogP contribution < -0.4 is 16.3 Å². The molecule has 3 rings (SSSR count). The highest BCUT2D eigenvalue weighted by molar-refractivity contribution is 5.85. The number of halogens is 1. The van der Waals surface area contributed by atoms with Crippen molar-refractivity contribution < 1.29 is 19.6 Å². The zero-order valence-corrected chi connectivity index (χ0v) is 11.3. The van der Waals surface area contributed by atoms with Gasteiger partial charge in [-0.3, -0.25) is 5.84 Å². The number of nitrogens with zero attached hydrogens (tertiary/aromatic N) is 4. The molecular formula is C10H16ClN6O3+. The topological polar surface area (TPSA) is 136 Å². The third-order valence-corrected chi connectivity index (χ3v) is 3.27. The standard InChI is InChI=1S/C10H14N6O3.ClH/c11-9-8-10(16(12)4-14-9)15(3-13-8)7-1-5(18)6(2-17)19-7;/h3-7,11,17-18H,1-2,12H2;1H/p+1/t5-,6+,7+;/m0./s1. The van der Waals surface area contributed by atoms with E-state index < -0.39 is 18.4 Å². The lowest BCUT2D eigenvalue weighted by Gasteiger charge is -2.11. The number of nitrogen functional groups attached to an aromatic ring is 2. The minimum absolute atomic E-state index is 0. The number of rotatable bonds is 2. The maximum absolute atomic E-state index is 9.76. The summed E-state index contributed by atoms with van der Waals surface area (Å²) in [6.45, 7) is -0.239. The molecule has 3 heterocycles. The van der Waals surface area contributed by atoms with Gasteiger partial charge in [0.1, 0.15) is 6.10 Å². The smallest absolute Gasteiger partial charge is 0.285 e. The second-order valence-corrected chi connectivity index (χ2v) is 4.48. The van der Waals surface area contributed by atoms with Crippen LogP contribution in [0.1, 0.15) is 12.6 Å². The van der Waals surface area contributed by atoms with Crippen LogP contribution in [-0.2, 0) is 4.74 Å². The fraction of sp³-hybridized carbons (Fsp3) is 0.500. The molecule has 6 N–H and O–H groups in total. The van der Waals surface area contributed by atoms with Gasteiger partial charge in [0.2, 0.25) is 17.7 Å². The van der Waals surface area contributed by atoms with E-state index in [0.717, 1.165) is 0 Å². The van der Waals surface area contributed by atoms with Crippen LogP contribution >= 0.6 is 12.4 Å². The van der Waals surface area contributed by atoms with Crippen molar-refractivity contribution in [3.63, 3.8) is 0 Å². The quantitative estimate of drug-likeness (QED) is 0.375. The number of aromatic nitrogens is 4. The van der Waals surface area contributed by atoms with Crippen LogP contribution in [0, 0.1) is 0 Å². The van der Waals surface area contributed by atoms with Crippen molar-refractivity contribution in [1.29, 1.82) is 0 Å². The molecule has 0 saturated carbocycles. The number of fused-ring (bicyclic) bond motifs is 1. The lowest BCUT2D eigenvalue weighted by atomic mass is 10.2. The molecule has 1 aliphatic rings. The first-order valence-electron chi connectivity index (χ1n) is 5.84. The monoisotopic (exact) mass is 303 g/mol.